The number of hydrogen-bond donors (Lipinski definition) is 1. The summed E-state index contributed by atoms with van der Waals surface area (Å²) in [7, 11) is 0. The Bertz CT molecular complexity index is 491. The molecular formula is C17H27N3O. The first-order valence-corrected chi connectivity index (χ1v) is 7.96. The third kappa shape index (κ3) is 3.96. The lowest BCUT2D eigenvalue weighted by atomic mass is 9.78. The van der Waals surface area contributed by atoms with Crippen molar-refractivity contribution in [3.63, 3.8) is 0 Å². The van der Waals surface area contributed by atoms with Crippen LogP contribution in [0.15, 0.2) is 18.2 Å². The number of likely N-dealkylation sites (tertiary alicyclic amines) is 1. The number of anilines is 1. The van der Waals surface area contributed by atoms with Gasteiger partial charge in [0.05, 0.1) is 0 Å². The number of hydrogen-bond acceptors (Lipinski definition) is 3. The van der Waals surface area contributed by atoms with Crippen molar-refractivity contribution in [1.82, 2.24) is 9.88 Å². The highest BCUT2D eigenvalue weighted by molar-refractivity contribution is 5.92. The van der Waals surface area contributed by atoms with Gasteiger partial charge in [-0.2, -0.15) is 0 Å². The zero-order chi connectivity index (χ0) is 15.5. The number of nitrogens with one attached hydrogen (secondary N) is 1. The molecule has 0 aliphatic carbocycles. The van der Waals surface area contributed by atoms with Crippen LogP contribution in [0.1, 0.15) is 57.4 Å². The van der Waals surface area contributed by atoms with Crippen molar-refractivity contribution >= 4 is 11.7 Å². The molecular weight excluding hydrogens is 262 g/mol. The van der Waals surface area contributed by atoms with Gasteiger partial charge < -0.3 is 10.2 Å². The first-order valence-electron chi connectivity index (χ1n) is 7.96. The van der Waals surface area contributed by atoms with Crippen LogP contribution in [-0.2, 0) is 0 Å². The molecule has 4 nitrogen and oxygen atoms in total. The van der Waals surface area contributed by atoms with Gasteiger partial charge in [-0.25, -0.2) is 4.98 Å². The second-order valence-corrected chi connectivity index (χ2v) is 6.66. The van der Waals surface area contributed by atoms with Gasteiger partial charge in [-0.3, -0.25) is 4.79 Å². The van der Waals surface area contributed by atoms with E-state index in [9.17, 15) is 4.79 Å². The number of carbonyl (C=O) groups excluding carboxylic acids is 1. The smallest absolute Gasteiger partial charge is 0.272 e. The summed E-state index contributed by atoms with van der Waals surface area (Å²) in [6, 6.07) is 5.91. The molecule has 0 radical (unpaired) electrons. The van der Waals surface area contributed by atoms with Crippen LogP contribution >= 0.6 is 0 Å². The van der Waals surface area contributed by atoms with Gasteiger partial charge in [-0.15, -0.1) is 0 Å². The van der Waals surface area contributed by atoms with Crippen LogP contribution in [0.2, 0.25) is 0 Å². The minimum absolute atomic E-state index is 0.0561. The van der Waals surface area contributed by atoms with E-state index in [1.807, 2.05) is 23.1 Å². The van der Waals surface area contributed by atoms with Crippen molar-refractivity contribution in [2.75, 3.05) is 18.4 Å². The van der Waals surface area contributed by atoms with Crippen molar-refractivity contribution in [2.45, 2.75) is 53.0 Å². The molecule has 1 amide bonds. The summed E-state index contributed by atoms with van der Waals surface area (Å²) in [5, 5.41) is 3.24. The van der Waals surface area contributed by atoms with Gasteiger partial charge in [-0.1, -0.05) is 26.3 Å². The fourth-order valence-electron chi connectivity index (χ4n) is 2.70. The normalized spacial score (nSPS) is 17.9. The average Bonchev–Trinajstić information content (AvgIpc) is 2.47. The fraction of sp³-hybridized carbons (Fsp3) is 0.647. The van der Waals surface area contributed by atoms with E-state index in [4.69, 9.17) is 0 Å². The van der Waals surface area contributed by atoms with Crippen molar-refractivity contribution in [3.8, 4) is 0 Å². The highest BCUT2D eigenvalue weighted by atomic mass is 16.2. The number of amides is 1. The van der Waals surface area contributed by atoms with Crippen LogP contribution in [0.25, 0.3) is 0 Å². The summed E-state index contributed by atoms with van der Waals surface area (Å²) in [5.74, 6) is 0.826. The van der Waals surface area contributed by atoms with Gasteiger partial charge in [0.2, 0.25) is 0 Å². The first kappa shape index (κ1) is 15.8. The number of nitrogens with zero attached hydrogens (tertiary/aromatic N) is 2. The largest absolute Gasteiger partial charge is 0.368 e. The standard InChI is InChI=1S/C17H27N3O/c1-5-17(4)9-11-20(12-10-17)16(21)14-7-6-8-15(19-14)18-13(2)3/h6-8,13H,5,9-12H2,1-4H3,(H,18,19). The summed E-state index contributed by atoms with van der Waals surface area (Å²) in [5.41, 5.74) is 0.936. The molecule has 1 aromatic heterocycles. The predicted octanol–water partition coefficient (Wildman–Crippen LogP) is 3.55. The van der Waals surface area contributed by atoms with Gasteiger partial charge in [0.25, 0.3) is 5.91 Å². The van der Waals surface area contributed by atoms with E-state index in [0.29, 0.717) is 17.2 Å². The van der Waals surface area contributed by atoms with Gasteiger partial charge in [0, 0.05) is 19.1 Å². The molecule has 0 unspecified atom stereocenters. The molecule has 1 fully saturated rings. The quantitative estimate of drug-likeness (QED) is 0.922. The summed E-state index contributed by atoms with van der Waals surface area (Å²) in [6.07, 6.45) is 3.35. The first-order chi connectivity index (χ1) is 9.93. The molecule has 1 aromatic rings. The Labute approximate surface area is 127 Å². The highest BCUT2D eigenvalue weighted by Gasteiger charge is 2.31. The Morgan fingerprint density at radius 1 is 1.38 bits per heavy atom. The van der Waals surface area contributed by atoms with Crippen molar-refractivity contribution in [1.29, 1.82) is 0 Å². The zero-order valence-electron chi connectivity index (χ0n) is 13.6. The van der Waals surface area contributed by atoms with Crippen LogP contribution in [0.5, 0.6) is 0 Å². The van der Waals surface area contributed by atoms with Crippen molar-refractivity contribution < 1.29 is 4.79 Å². The molecule has 1 aliphatic heterocycles. The molecule has 2 heterocycles. The van der Waals surface area contributed by atoms with Crippen LogP contribution in [0.4, 0.5) is 5.82 Å². The molecule has 0 bridgehead atoms. The number of pyridine rings is 1. The molecule has 1 N–H and O–H groups in total. The van der Waals surface area contributed by atoms with E-state index < -0.39 is 0 Å². The Morgan fingerprint density at radius 2 is 2.05 bits per heavy atom. The van der Waals surface area contributed by atoms with E-state index in [1.54, 1.807) is 0 Å². The molecule has 0 saturated carbocycles. The van der Waals surface area contributed by atoms with E-state index in [2.05, 4.69) is 38.0 Å². The van der Waals surface area contributed by atoms with E-state index >= 15 is 0 Å². The Hall–Kier alpha value is -1.58. The number of aromatic nitrogens is 1. The highest BCUT2D eigenvalue weighted by Crippen LogP contribution is 2.34. The van der Waals surface area contributed by atoms with E-state index in [-0.39, 0.29) is 5.91 Å². The van der Waals surface area contributed by atoms with Gasteiger partial charge in [-0.05, 0) is 44.2 Å². The monoisotopic (exact) mass is 289 g/mol. The lowest BCUT2D eigenvalue weighted by Gasteiger charge is -2.38. The molecule has 4 heteroatoms. The number of piperidine rings is 1. The Morgan fingerprint density at radius 3 is 2.62 bits per heavy atom. The summed E-state index contributed by atoms with van der Waals surface area (Å²) in [4.78, 5) is 19.0. The minimum atomic E-state index is 0.0561. The molecule has 0 aromatic carbocycles. The molecule has 0 atom stereocenters. The summed E-state index contributed by atoms with van der Waals surface area (Å²) >= 11 is 0. The maximum Gasteiger partial charge on any atom is 0.272 e. The van der Waals surface area contributed by atoms with E-state index in [0.717, 1.165) is 31.7 Å². The van der Waals surface area contributed by atoms with Gasteiger partial charge in [0.15, 0.2) is 0 Å². The Balaban J connectivity index is 2.04. The molecule has 2 rings (SSSR count). The van der Waals surface area contributed by atoms with Gasteiger partial charge in [0.1, 0.15) is 11.5 Å². The predicted molar refractivity (Wildman–Crippen MR) is 86.5 cm³/mol. The summed E-state index contributed by atoms with van der Waals surface area (Å²) in [6.45, 7) is 10.4. The minimum Gasteiger partial charge on any atom is -0.368 e. The second kappa shape index (κ2) is 6.46. The van der Waals surface area contributed by atoms with Crippen molar-refractivity contribution in [2.24, 2.45) is 5.41 Å². The van der Waals surface area contributed by atoms with Crippen LogP contribution in [0, 0.1) is 5.41 Å². The fourth-order valence-corrected chi connectivity index (χ4v) is 2.70. The Kier molecular flexibility index (Phi) is 4.86. The van der Waals surface area contributed by atoms with E-state index in [1.165, 1.54) is 6.42 Å². The average molecular weight is 289 g/mol. The molecule has 116 valence electrons. The van der Waals surface area contributed by atoms with Crippen molar-refractivity contribution in [3.05, 3.63) is 23.9 Å². The maximum atomic E-state index is 12.6. The lowest BCUT2D eigenvalue weighted by Crippen LogP contribution is -2.42. The molecule has 1 aliphatic rings. The van der Waals surface area contributed by atoms with Crippen LogP contribution < -0.4 is 5.32 Å². The number of carbonyl (C=O) groups is 1. The molecule has 0 spiro atoms. The molecule has 1 saturated heterocycles. The third-order valence-electron chi connectivity index (χ3n) is 4.52. The zero-order valence-corrected chi connectivity index (χ0v) is 13.6. The molecule has 21 heavy (non-hydrogen) atoms. The SMILES string of the molecule is CCC1(C)CCN(C(=O)c2cccc(NC(C)C)n2)CC1. The van der Waals surface area contributed by atoms with Crippen LogP contribution in [0.3, 0.4) is 0 Å². The van der Waals surface area contributed by atoms with Gasteiger partial charge >= 0.3 is 0 Å². The lowest BCUT2D eigenvalue weighted by molar-refractivity contribution is 0.0595. The summed E-state index contributed by atoms with van der Waals surface area (Å²) < 4.78 is 0. The van der Waals surface area contributed by atoms with Crippen LogP contribution in [-0.4, -0.2) is 34.9 Å². The third-order valence-corrected chi connectivity index (χ3v) is 4.52. The topological polar surface area (TPSA) is 45.2 Å². The second-order valence-electron chi connectivity index (χ2n) is 6.66. The number of rotatable bonds is 4. The maximum absolute atomic E-state index is 12.6.